The first kappa shape index (κ1) is 75.5. The molecule has 0 fully saturated rings. The molecule has 0 bridgehead atoms. The SMILES string of the molecule is CC1(C)C=C(c2ccc(C(=O)O)cc2)CC(C)(C)O1.Cc1cc(C(=O)O)ccc1-c1ccccc1.Cc1cccc(-c2ccc(C(=O)O)cc2C)c1.O=C(O)c1cc(-c2ccccc2)ccc1F.O=C(O)c1ccc(-c2ccccc2)cc1Cl.O=C(O)c1cccc(-c2ccccc2)c1F. The summed E-state index contributed by atoms with van der Waals surface area (Å²) in [4.78, 5) is 64.8. The van der Waals surface area contributed by atoms with Crippen LogP contribution in [0, 0.1) is 32.4 Å². The Balaban J connectivity index is 0.000000169. The Morgan fingerprint density at radius 3 is 1.21 bits per heavy atom. The van der Waals surface area contributed by atoms with Crippen LogP contribution in [0.25, 0.3) is 61.2 Å². The zero-order chi connectivity index (χ0) is 72.8. The number of carboxylic acid groups (broad SMARTS) is 6. The minimum Gasteiger partial charge on any atom is -0.478 e. The van der Waals surface area contributed by atoms with E-state index in [0.29, 0.717) is 33.4 Å². The van der Waals surface area contributed by atoms with Gasteiger partial charge in [-0.15, -0.1) is 0 Å². The highest BCUT2D eigenvalue weighted by atomic mass is 35.5. The van der Waals surface area contributed by atoms with Crippen LogP contribution in [-0.4, -0.2) is 77.7 Å². The standard InChI is InChI=1S/C16H20O3.C15H14O2.C14H12O2.C13H9ClO2.2C13H9FO2/c1-15(2)9-13(10-16(3,4)19-15)11-5-7-12(8-6-11)14(17)18;1-10-4-3-5-12(8-10)14-7-6-13(15(16)17)9-11(14)2;1-10-9-12(14(15)16)7-8-13(10)11-5-3-2-4-6-11;14-12-8-10(6-7-11(12)13(15)16)9-4-2-1-3-5-9;14-12-10(9-5-2-1-3-6-9)7-4-8-11(12)13(15)16;14-12-7-6-10(8-11(12)13(15)16)9-4-2-1-3-5-9/h5-9H,10H2,1-4H3,(H,17,18);3-9H,1-2H3,(H,16,17);2-9H,1H3,(H,15,16);3*1-8H,(H,15,16). The highest BCUT2D eigenvalue weighted by Gasteiger charge is 2.34. The lowest BCUT2D eigenvalue weighted by Gasteiger charge is -2.40. The van der Waals surface area contributed by atoms with Crippen LogP contribution < -0.4 is 0 Å². The zero-order valence-electron chi connectivity index (χ0n) is 55.8. The molecule has 12 rings (SSSR count). The number of carbonyl (C=O) groups is 6. The summed E-state index contributed by atoms with van der Waals surface area (Å²) in [7, 11) is 0. The van der Waals surface area contributed by atoms with E-state index in [1.165, 1.54) is 41.5 Å². The molecule has 1 aliphatic heterocycles. The van der Waals surface area contributed by atoms with E-state index in [0.717, 1.165) is 62.1 Å². The summed E-state index contributed by atoms with van der Waals surface area (Å²) in [5.41, 5.74) is 14.3. The molecule has 0 saturated heterocycles. The minimum atomic E-state index is -1.25. The van der Waals surface area contributed by atoms with Crippen molar-refractivity contribution < 1.29 is 72.9 Å². The average Bonchev–Trinajstić information content (AvgIpc) is 0.724. The second-order valence-corrected chi connectivity index (χ2v) is 24.6. The van der Waals surface area contributed by atoms with Gasteiger partial charge < -0.3 is 35.4 Å². The second-order valence-electron chi connectivity index (χ2n) is 24.2. The van der Waals surface area contributed by atoms with Crippen LogP contribution in [0.1, 0.15) is 119 Å². The number of carboxylic acids is 6. The predicted octanol–water partition coefficient (Wildman–Crippen LogP) is 20.9. The van der Waals surface area contributed by atoms with Gasteiger partial charge in [-0.2, -0.15) is 0 Å². The van der Waals surface area contributed by atoms with Crippen LogP contribution in [0.15, 0.2) is 267 Å². The molecule has 0 unspecified atom stereocenters. The summed E-state index contributed by atoms with van der Waals surface area (Å²) in [6.45, 7) is 14.1. The molecule has 0 amide bonds. The Morgan fingerprint density at radius 2 is 0.770 bits per heavy atom. The van der Waals surface area contributed by atoms with Crippen molar-refractivity contribution in [3.63, 3.8) is 0 Å². The molecule has 11 aromatic rings. The van der Waals surface area contributed by atoms with Crippen LogP contribution in [0.3, 0.4) is 0 Å². The number of rotatable bonds is 12. The third-order valence-electron chi connectivity index (χ3n) is 15.5. The lowest BCUT2D eigenvalue weighted by Crippen LogP contribution is -2.39. The number of hydrogen-bond acceptors (Lipinski definition) is 7. The van der Waals surface area contributed by atoms with Gasteiger partial charge >= 0.3 is 35.8 Å². The van der Waals surface area contributed by atoms with Crippen LogP contribution in [0.4, 0.5) is 8.78 Å². The van der Waals surface area contributed by atoms with Gasteiger partial charge in [0, 0.05) is 12.0 Å². The number of ether oxygens (including phenoxy) is 1. The Labute approximate surface area is 583 Å². The molecule has 1 aliphatic rings. The first-order valence-corrected chi connectivity index (χ1v) is 31.7. The summed E-state index contributed by atoms with van der Waals surface area (Å²) < 4.78 is 33.0. The van der Waals surface area contributed by atoms with Gasteiger partial charge in [0.2, 0.25) is 0 Å². The van der Waals surface area contributed by atoms with Crippen molar-refractivity contribution in [1.29, 1.82) is 0 Å². The van der Waals surface area contributed by atoms with Crippen molar-refractivity contribution in [3.8, 4) is 55.6 Å². The maximum absolute atomic E-state index is 13.8. The fourth-order valence-electron chi connectivity index (χ4n) is 10.9. The zero-order valence-corrected chi connectivity index (χ0v) is 56.5. The topological polar surface area (TPSA) is 233 Å². The molecule has 0 aliphatic carbocycles. The van der Waals surface area contributed by atoms with Crippen LogP contribution >= 0.6 is 11.6 Å². The molecule has 100 heavy (non-hydrogen) atoms. The molecule has 0 spiro atoms. The van der Waals surface area contributed by atoms with Gasteiger partial charge in [-0.3, -0.25) is 0 Å². The lowest BCUT2D eigenvalue weighted by molar-refractivity contribution is -0.100. The van der Waals surface area contributed by atoms with Crippen LogP contribution in [0.2, 0.25) is 5.02 Å². The normalized spacial score (nSPS) is 12.1. The molecule has 0 saturated carbocycles. The Hall–Kier alpha value is -11.9. The van der Waals surface area contributed by atoms with Crippen molar-refractivity contribution in [2.24, 2.45) is 0 Å². The molecule has 0 atom stereocenters. The summed E-state index contributed by atoms with van der Waals surface area (Å²) in [5.74, 6) is -7.59. The maximum atomic E-state index is 13.8. The van der Waals surface area contributed by atoms with E-state index in [1.807, 2.05) is 174 Å². The van der Waals surface area contributed by atoms with Gasteiger partial charge in [0.1, 0.15) is 11.6 Å². The van der Waals surface area contributed by atoms with Gasteiger partial charge in [0.25, 0.3) is 0 Å². The van der Waals surface area contributed by atoms with Gasteiger partial charge in [-0.25, -0.2) is 37.5 Å². The van der Waals surface area contributed by atoms with Crippen molar-refractivity contribution >= 4 is 53.0 Å². The number of aromatic carboxylic acids is 6. The fraction of sp³-hybridized carbons (Fsp3) is 0.119. The van der Waals surface area contributed by atoms with Crippen molar-refractivity contribution in [2.45, 2.75) is 66.1 Å². The first-order valence-electron chi connectivity index (χ1n) is 31.3. The second kappa shape index (κ2) is 34.9. The Bertz CT molecular complexity index is 4720. The molecule has 16 heteroatoms. The van der Waals surface area contributed by atoms with E-state index < -0.39 is 47.5 Å². The third kappa shape index (κ3) is 21.5. The lowest BCUT2D eigenvalue weighted by atomic mass is 9.86. The Morgan fingerprint density at radius 1 is 0.360 bits per heavy atom. The van der Waals surface area contributed by atoms with Crippen molar-refractivity contribution in [2.75, 3.05) is 0 Å². The van der Waals surface area contributed by atoms with E-state index in [1.54, 1.807) is 84.9 Å². The van der Waals surface area contributed by atoms with Gasteiger partial charge in [-0.1, -0.05) is 211 Å². The first-order chi connectivity index (χ1) is 47.5. The number of halogens is 3. The maximum Gasteiger partial charge on any atom is 0.338 e. The highest BCUT2D eigenvalue weighted by Crippen LogP contribution is 2.39. The molecule has 1 heterocycles. The average molecular weight is 1360 g/mol. The van der Waals surface area contributed by atoms with E-state index >= 15 is 0 Å². The number of hydrogen-bond donors (Lipinski definition) is 6. The van der Waals surface area contributed by atoms with Gasteiger partial charge in [-0.05, 0) is 194 Å². The van der Waals surface area contributed by atoms with Gasteiger partial charge in [0.05, 0.1) is 49.6 Å². The summed E-state index contributed by atoms with van der Waals surface area (Å²) in [5, 5.41) is 53.4. The molecule has 6 N–H and O–H groups in total. The quantitative estimate of drug-likeness (QED) is 0.0669. The Kier molecular flexibility index (Phi) is 26.3. The molecule has 13 nitrogen and oxygen atoms in total. The van der Waals surface area contributed by atoms with Crippen molar-refractivity contribution in [3.05, 3.63) is 339 Å². The fourth-order valence-corrected chi connectivity index (χ4v) is 11.2. The summed E-state index contributed by atoms with van der Waals surface area (Å²) in [6, 6.07) is 76.7. The van der Waals surface area contributed by atoms with Crippen LogP contribution in [0.5, 0.6) is 0 Å². The monoisotopic (exact) mass is 1360 g/mol. The number of aryl methyl sites for hydroxylation is 3. The smallest absolute Gasteiger partial charge is 0.338 e. The largest absolute Gasteiger partial charge is 0.478 e. The minimum absolute atomic E-state index is 0.126. The van der Waals surface area contributed by atoms with E-state index in [2.05, 4.69) is 26.0 Å². The van der Waals surface area contributed by atoms with Crippen LogP contribution in [-0.2, 0) is 4.74 Å². The molecule has 508 valence electrons. The predicted molar refractivity (Wildman–Crippen MR) is 389 cm³/mol. The van der Waals surface area contributed by atoms with Gasteiger partial charge in [0.15, 0.2) is 0 Å². The molecule has 0 radical (unpaired) electrons. The van der Waals surface area contributed by atoms with E-state index in [9.17, 15) is 37.5 Å². The van der Waals surface area contributed by atoms with Crippen molar-refractivity contribution in [1.82, 2.24) is 0 Å². The molecule has 11 aromatic carbocycles. The number of benzene rings is 11. The highest BCUT2D eigenvalue weighted by molar-refractivity contribution is 6.33. The summed E-state index contributed by atoms with van der Waals surface area (Å²) in [6.07, 6.45) is 2.94. The third-order valence-corrected chi connectivity index (χ3v) is 15.8. The van der Waals surface area contributed by atoms with E-state index in [4.69, 9.17) is 47.0 Å². The van der Waals surface area contributed by atoms with E-state index in [-0.39, 0.29) is 32.9 Å². The molecular weight excluding hydrogens is 1290 g/mol. The molecule has 0 aromatic heterocycles. The molecular formula is C84H73ClF2O13. The summed E-state index contributed by atoms with van der Waals surface area (Å²) >= 11 is 5.89.